The van der Waals surface area contributed by atoms with Gasteiger partial charge >= 0.3 is 6.03 Å². The average molecular weight is 304 g/mol. The summed E-state index contributed by atoms with van der Waals surface area (Å²) in [5.41, 5.74) is 1.73. The summed E-state index contributed by atoms with van der Waals surface area (Å²) < 4.78 is 0. The highest BCUT2D eigenvalue weighted by atomic mass is 16.6. The zero-order valence-electron chi connectivity index (χ0n) is 12.6. The van der Waals surface area contributed by atoms with E-state index in [0.717, 1.165) is 38.0 Å². The SMILES string of the molecule is Cc1ccc(N2CCC(N3CCNC3=O)CC2)c([N+](=O)[O-])c1. The summed E-state index contributed by atoms with van der Waals surface area (Å²) in [5.74, 6) is 0. The first-order valence-corrected chi connectivity index (χ1v) is 7.61. The van der Waals surface area contributed by atoms with Gasteiger partial charge < -0.3 is 15.1 Å². The molecule has 0 aliphatic carbocycles. The first kappa shape index (κ1) is 14.6. The van der Waals surface area contributed by atoms with Crippen LogP contribution >= 0.6 is 0 Å². The minimum Gasteiger partial charge on any atom is -0.366 e. The molecule has 0 bridgehead atoms. The highest BCUT2D eigenvalue weighted by molar-refractivity contribution is 5.76. The van der Waals surface area contributed by atoms with Gasteiger partial charge in [-0.15, -0.1) is 0 Å². The number of hydrogen-bond acceptors (Lipinski definition) is 4. The van der Waals surface area contributed by atoms with Crippen LogP contribution in [-0.4, -0.2) is 48.1 Å². The average Bonchev–Trinajstić information content (AvgIpc) is 2.93. The van der Waals surface area contributed by atoms with E-state index in [1.54, 1.807) is 6.07 Å². The number of piperidine rings is 1. The van der Waals surface area contributed by atoms with E-state index in [1.807, 2.05) is 24.0 Å². The summed E-state index contributed by atoms with van der Waals surface area (Å²) in [6.45, 7) is 4.79. The van der Waals surface area contributed by atoms with Crippen molar-refractivity contribution in [2.75, 3.05) is 31.1 Å². The summed E-state index contributed by atoms with van der Waals surface area (Å²) in [6.07, 6.45) is 1.69. The number of nitrogens with zero attached hydrogens (tertiary/aromatic N) is 3. The summed E-state index contributed by atoms with van der Waals surface area (Å²) >= 11 is 0. The molecule has 2 aliphatic rings. The van der Waals surface area contributed by atoms with E-state index >= 15 is 0 Å². The topological polar surface area (TPSA) is 78.7 Å². The summed E-state index contributed by atoms with van der Waals surface area (Å²) in [7, 11) is 0. The number of urea groups is 1. The molecule has 7 nitrogen and oxygen atoms in total. The normalized spacial score (nSPS) is 19.4. The number of rotatable bonds is 3. The van der Waals surface area contributed by atoms with Gasteiger partial charge in [0.25, 0.3) is 5.69 Å². The number of aryl methyl sites for hydroxylation is 1. The zero-order valence-corrected chi connectivity index (χ0v) is 12.6. The monoisotopic (exact) mass is 304 g/mol. The maximum Gasteiger partial charge on any atom is 0.317 e. The van der Waals surface area contributed by atoms with Gasteiger partial charge in [0.2, 0.25) is 0 Å². The van der Waals surface area contributed by atoms with E-state index in [-0.39, 0.29) is 22.7 Å². The van der Waals surface area contributed by atoms with Gasteiger partial charge in [0.1, 0.15) is 5.69 Å². The summed E-state index contributed by atoms with van der Waals surface area (Å²) in [5, 5.41) is 14.1. The van der Waals surface area contributed by atoms with Crippen molar-refractivity contribution in [2.24, 2.45) is 0 Å². The van der Waals surface area contributed by atoms with E-state index in [1.165, 1.54) is 0 Å². The number of carbonyl (C=O) groups excluding carboxylic acids is 1. The van der Waals surface area contributed by atoms with Crippen LogP contribution in [0.1, 0.15) is 18.4 Å². The number of nitro groups is 1. The molecule has 0 saturated carbocycles. The third-order valence-corrected chi connectivity index (χ3v) is 4.46. The van der Waals surface area contributed by atoms with Crippen molar-refractivity contribution in [1.82, 2.24) is 10.2 Å². The van der Waals surface area contributed by atoms with Crippen LogP contribution in [0.15, 0.2) is 18.2 Å². The number of benzene rings is 1. The van der Waals surface area contributed by atoms with Gasteiger partial charge in [-0.25, -0.2) is 4.79 Å². The number of hydrogen-bond donors (Lipinski definition) is 1. The van der Waals surface area contributed by atoms with E-state index < -0.39 is 0 Å². The Bertz CT molecular complexity index is 596. The smallest absolute Gasteiger partial charge is 0.317 e. The second-order valence-corrected chi connectivity index (χ2v) is 5.89. The van der Waals surface area contributed by atoms with Crippen LogP contribution in [-0.2, 0) is 0 Å². The number of amides is 2. The molecule has 2 aliphatic heterocycles. The van der Waals surface area contributed by atoms with E-state index in [0.29, 0.717) is 12.2 Å². The highest BCUT2D eigenvalue weighted by Crippen LogP contribution is 2.32. The van der Waals surface area contributed by atoms with E-state index in [2.05, 4.69) is 10.2 Å². The Morgan fingerprint density at radius 3 is 2.59 bits per heavy atom. The lowest BCUT2D eigenvalue weighted by molar-refractivity contribution is -0.384. The van der Waals surface area contributed by atoms with Crippen molar-refractivity contribution >= 4 is 17.4 Å². The Morgan fingerprint density at radius 2 is 2.00 bits per heavy atom. The van der Waals surface area contributed by atoms with Crippen LogP contribution in [0.5, 0.6) is 0 Å². The third-order valence-electron chi connectivity index (χ3n) is 4.46. The van der Waals surface area contributed by atoms with Gasteiger partial charge in [0, 0.05) is 38.3 Å². The molecule has 1 aromatic rings. The van der Waals surface area contributed by atoms with Gasteiger partial charge in [-0.05, 0) is 31.4 Å². The van der Waals surface area contributed by atoms with Crippen LogP contribution in [0, 0.1) is 17.0 Å². The van der Waals surface area contributed by atoms with Crippen molar-refractivity contribution in [3.8, 4) is 0 Å². The molecule has 0 radical (unpaired) electrons. The van der Waals surface area contributed by atoms with E-state index in [4.69, 9.17) is 0 Å². The van der Waals surface area contributed by atoms with Gasteiger partial charge in [0.05, 0.1) is 4.92 Å². The quantitative estimate of drug-likeness (QED) is 0.683. The Kier molecular flexibility index (Phi) is 3.87. The summed E-state index contributed by atoms with van der Waals surface area (Å²) in [4.78, 5) is 26.6. The molecule has 2 fully saturated rings. The van der Waals surface area contributed by atoms with Crippen LogP contribution < -0.4 is 10.2 Å². The molecule has 0 spiro atoms. The molecular formula is C15H20N4O3. The van der Waals surface area contributed by atoms with Crippen LogP contribution in [0.4, 0.5) is 16.2 Å². The molecule has 1 aromatic carbocycles. The largest absolute Gasteiger partial charge is 0.366 e. The van der Waals surface area contributed by atoms with Gasteiger partial charge in [-0.3, -0.25) is 10.1 Å². The lowest BCUT2D eigenvalue weighted by Crippen LogP contribution is -2.46. The Balaban J connectivity index is 1.71. The van der Waals surface area contributed by atoms with Crippen LogP contribution in [0.2, 0.25) is 0 Å². The number of carbonyl (C=O) groups is 1. The molecule has 2 saturated heterocycles. The van der Waals surface area contributed by atoms with Crippen LogP contribution in [0.25, 0.3) is 0 Å². The highest BCUT2D eigenvalue weighted by Gasteiger charge is 2.32. The van der Waals surface area contributed by atoms with Gasteiger partial charge in [-0.1, -0.05) is 6.07 Å². The van der Waals surface area contributed by atoms with Crippen molar-refractivity contribution in [3.63, 3.8) is 0 Å². The predicted molar refractivity (Wildman–Crippen MR) is 83.2 cm³/mol. The molecule has 7 heteroatoms. The van der Waals surface area contributed by atoms with Crippen molar-refractivity contribution in [3.05, 3.63) is 33.9 Å². The van der Waals surface area contributed by atoms with Crippen molar-refractivity contribution < 1.29 is 9.72 Å². The fourth-order valence-corrected chi connectivity index (χ4v) is 3.30. The molecule has 3 rings (SSSR count). The number of nitrogens with one attached hydrogen (secondary N) is 1. The predicted octanol–water partition coefficient (Wildman–Crippen LogP) is 1.90. The molecule has 118 valence electrons. The fourth-order valence-electron chi connectivity index (χ4n) is 3.30. The minimum absolute atomic E-state index is 0.0137. The molecule has 2 heterocycles. The van der Waals surface area contributed by atoms with Crippen LogP contribution in [0.3, 0.4) is 0 Å². The molecule has 1 N–H and O–H groups in total. The molecular weight excluding hydrogens is 284 g/mol. The maximum absolute atomic E-state index is 11.7. The zero-order chi connectivity index (χ0) is 15.7. The Hall–Kier alpha value is -2.31. The molecule has 22 heavy (non-hydrogen) atoms. The standard InChI is InChI=1S/C15H20N4O3/c1-11-2-3-13(14(10-11)19(21)22)17-7-4-12(5-8-17)18-9-6-16-15(18)20/h2-3,10,12H,4-9H2,1H3,(H,16,20). The lowest BCUT2D eigenvalue weighted by Gasteiger charge is -2.37. The van der Waals surface area contributed by atoms with Crippen molar-refractivity contribution in [1.29, 1.82) is 0 Å². The molecule has 0 aromatic heterocycles. The first-order chi connectivity index (χ1) is 10.6. The Labute approximate surface area is 129 Å². The van der Waals surface area contributed by atoms with E-state index in [9.17, 15) is 14.9 Å². The van der Waals surface area contributed by atoms with Gasteiger partial charge in [-0.2, -0.15) is 0 Å². The Morgan fingerprint density at radius 1 is 1.27 bits per heavy atom. The molecule has 0 unspecified atom stereocenters. The summed E-state index contributed by atoms with van der Waals surface area (Å²) in [6, 6.07) is 5.61. The molecule has 0 atom stereocenters. The van der Waals surface area contributed by atoms with Gasteiger partial charge in [0.15, 0.2) is 0 Å². The fraction of sp³-hybridized carbons (Fsp3) is 0.533. The maximum atomic E-state index is 11.7. The minimum atomic E-state index is -0.317. The second kappa shape index (κ2) is 5.82. The third kappa shape index (κ3) is 2.70. The lowest BCUT2D eigenvalue weighted by atomic mass is 10.0. The molecule has 2 amide bonds. The number of nitro benzene ring substituents is 1. The number of anilines is 1. The van der Waals surface area contributed by atoms with Crippen molar-refractivity contribution in [2.45, 2.75) is 25.8 Å². The second-order valence-electron chi connectivity index (χ2n) is 5.89. The first-order valence-electron chi connectivity index (χ1n) is 7.61.